The molecule has 1 heterocycles. The first-order valence-corrected chi connectivity index (χ1v) is 2.60. The molecule has 0 fully saturated rings. The Hall–Kier alpha value is -0.150. The van der Waals surface area contributed by atoms with Crippen molar-refractivity contribution in [1.82, 2.24) is 9.97 Å². The fraction of sp³-hybridized carbons (Fsp3) is 0. The predicted molar refractivity (Wildman–Crippen MR) is 37.0 cm³/mol. The van der Waals surface area contributed by atoms with Crippen molar-refractivity contribution in [3.8, 4) is 0 Å². The average Bonchev–Trinajstić information content (AvgIpc) is 1.69. The van der Waals surface area contributed by atoms with Crippen molar-refractivity contribution in [2.24, 2.45) is 0 Å². The van der Waals surface area contributed by atoms with E-state index >= 15 is 0 Å². The van der Waals surface area contributed by atoms with Crippen LogP contribution in [-0.4, -0.2) is 9.97 Å². The molecule has 0 saturated heterocycles. The summed E-state index contributed by atoms with van der Waals surface area (Å²) < 4.78 is 0.773. The highest BCUT2D eigenvalue weighted by atomic mass is 79.9. The number of hydrogen-bond donors (Lipinski definition) is 0. The third-order valence-corrected chi connectivity index (χ3v) is 0.941. The maximum atomic E-state index is 3.83. The lowest BCUT2D eigenvalue weighted by Crippen LogP contribution is -1.72. The third kappa shape index (κ3) is 2.23. The number of rotatable bonds is 0. The molecule has 0 aliphatic rings. The van der Waals surface area contributed by atoms with E-state index in [1.54, 1.807) is 18.6 Å². The molecule has 0 spiro atoms. The lowest BCUT2D eigenvalue weighted by Gasteiger charge is -1.79. The smallest absolute Gasteiger partial charge is 0.124 e. The summed E-state index contributed by atoms with van der Waals surface area (Å²) in [6, 6.07) is 0. The van der Waals surface area contributed by atoms with E-state index in [-0.39, 0.29) is 12.4 Å². The summed E-state index contributed by atoms with van der Waals surface area (Å²) in [4.78, 5) is 7.61. The molecule has 0 amide bonds. The molecule has 0 unspecified atom stereocenters. The number of aromatic nitrogens is 2. The summed E-state index contributed by atoms with van der Waals surface area (Å²) >= 11 is 3.14. The quantitative estimate of drug-likeness (QED) is 0.629. The minimum Gasteiger partial charge on any atom is -0.260 e. The summed E-state index contributed by atoms with van der Waals surface area (Å²) in [6.45, 7) is 0. The van der Waals surface area contributed by atoms with E-state index in [1.807, 2.05) is 0 Å². The lowest BCUT2D eigenvalue weighted by atomic mass is 10.8. The highest BCUT2D eigenvalue weighted by Gasteiger charge is 1.77. The highest BCUT2D eigenvalue weighted by molar-refractivity contribution is 9.10. The Morgan fingerprint density at radius 2 is 2.12 bits per heavy atom. The van der Waals surface area contributed by atoms with Crippen LogP contribution in [0.4, 0.5) is 0 Å². The largest absolute Gasteiger partial charge is 0.260 e. The van der Waals surface area contributed by atoms with Crippen LogP contribution in [0.25, 0.3) is 0 Å². The number of hydrogen-bond acceptors (Lipinski definition) is 2. The Kier molecular flexibility index (Phi) is 3.73. The highest BCUT2D eigenvalue weighted by Crippen LogP contribution is 1.97. The molecule has 44 valence electrons. The normalized spacial score (nSPS) is 7.62. The van der Waals surface area contributed by atoms with Crippen LogP contribution in [0, 0.1) is 0 Å². The number of nitrogens with zero attached hydrogens (tertiary/aromatic N) is 2. The summed E-state index contributed by atoms with van der Waals surface area (Å²) in [5.41, 5.74) is 0. The van der Waals surface area contributed by atoms with Gasteiger partial charge in [0.05, 0.1) is 6.20 Å². The lowest BCUT2D eigenvalue weighted by molar-refractivity contribution is 1.16. The molecule has 0 aliphatic heterocycles. The summed E-state index contributed by atoms with van der Waals surface area (Å²) in [5.74, 6) is 0. The fourth-order valence-electron chi connectivity index (χ4n) is 0.281. The minimum atomic E-state index is 0. The molecule has 0 radical (unpaired) electrons. The predicted octanol–water partition coefficient (Wildman–Crippen LogP) is 1.66. The van der Waals surface area contributed by atoms with Crippen LogP contribution >= 0.6 is 28.3 Å². The molecule has 4 heteroatoms. The Morgan fingerprint density at radius 3 is 2.38 bits per heavy atom. The Balaban J connectivity index is 0.000000490. The van der Waals surface area contributed by atoms with E-state index in [4.69, 9.17) is 0 Å². The molecule has 0 aliphatic carbocycles. The molecule has 1 aromatic heterocycles. The van der Waals surface area contributed by atoms with Crippen LogP contribution in [0.5, 0.6) is 0 Å². The Morgan fingerprint density at radius 1 is 1.38 bits per heavy atom. The van der Waals surface area contributed by atoms with Crippen molar-refractivity contribution in [2.45, 2.75) is 0 Å². The van der Waals surface area contributed by atoms with E-state index in [1.165, 1.54) is 0 Å². The molecule has 0 saturated carbocycles. The van der Waals surface area contributed by atoms with Gasteiger partial charge in [0, 0.05) is 12.4 Å². The fourth-order valence-corrected chi connectivity index (χ4v) is 0.517. The zero-order valence-electron chi connectivity index (χ0n) is 3.91. The van der Waals surface area contributed by atoms with Crippen LogP contribution in [0.15, 0.2) is 23.2 Å². The first-order chi connectivity index (χ1) is 3.39. The van der Waals surface area contributed by atoms with E-state index in [2.05, 4.69) is 25.9 Å². The van der Waals surface area contributed by atoms with Crippen LogP contribution < -0.4 is 0 Å². The van der Waals surface area contributed by atoms with Crippen molar-refractivity contribution in [3.05, 3.63) is 23.2 Å². The van der Waals surface area contributed by atoms with Gasteiger partial charge in [-0.3, -0.25) is 4.98 Å². The van der Waals surface area contributed by atoms with Gasteiger partial charge in [0.1, 0.15) is 4.60 Å². The number of halogens is 2. The minimum absolute atomic E-state index is 0. The summed E-state index contributed by atoms with van der Waals surface area (Å²) in [5, 5.41) is 0. The molecule has 1 rings (SSSR count). The van der Waals surface area contributed by atoms with Gasteiger partial charge in [0.2, 0.25) is 0 Å². The molecule has 0 bridgehead atoms. The zero-order chi connectivity index (χ0) is 5.11. The first kappa shape index (κ1) is 7.85. The van der Waals surface area contributed by atoms with Crippen molar-refractivity contribution >= 4 is 28.3 Å². The average molecular weight is 195 g/mol. The second-order valence-corrected chi connectivity index (χ2v) is 1.84. The monoisotopic (exact) mass is 194 g/mol. The van der Waals surface area contributed by atoms with Gasteiger partial charge in [-0.05, 0) is 15.9 Å². The van der Waals surface area contributed by atoms with Gasteiger partial charge in [-0.1, -0.05) is 0 Å². The maximum absolute atomic E-state index is 3.83. The second-order valence-electron chi connectivity index (χ2n) is 1.03. The van der Waals surface area contributed by atoms with Crippen molar-refractivity contribution in [1.29, 1.82) is 0 Å². The summed E-state index contributed by atoms with van der Waals surface area (Å²) in [6.07, 6.45) is 4.90. The summed E-state index contributed by atoms with van der Waals surface area (Å²) in [7, 11) is 0. The van der Waals surface area contributed by atoms with Crippen LogP contribution in [0.3, 0.4) is 0 Å². The van der Waals surface area contributed by atoms with Crippen LogP contribution in [0.2, 0.25) is 0 Å². The van der Waals surface area contributed by atoms with E-state index in [0.29, 0.717) is 0 Å². The molecule has 0 aromatic carbocycles. The van der Waals surface area contributed by atoms with Gasteiger partial charge < -0.3 is 0 Å². The van der Waals surface area contributed by atoms with E-state index < -0.39 is 0 Å². The zero-order valence-corrected chi connectivity index (χ0v) is 6.32. The molecular formula is C4H4BrClN2. The molecular weight excluding hydrogens is 191 g/mol. The molecule has 0 N–H and O–H groups in total. The van der Waals surface area contributed by atoms with Crippen molar-refractivity contribution in [3.63, 3.8) is 0 Å². The van der Waals surface area contributed by atoms with Gasteiger partial charge >= 0.3 is 0 Å². The molecule has 8 heavy (non-hydrogen) atoms. The Bertz CT molecular complexity index is 144. The SMILES string of the molecule is Brc1cnccn1.Cl. The van der Waals surface area contributed by atoms with Crippen molar-refractivity contribution < 1.29 is 0 Å². The Labute approximate surface area is 61.9 Å². The van der Waals surface area contributed by atoms with Crippen LogP contribution in [-0.2, 0) is 0 Å². The van der Waals surface area contributed by atoms with Gasteiger partial charge in [-0.25, -0.2) is 4.98 Å². The first-order valence-electron chi connectivity index (χ1n) is 1.81. The molecule has 2 nitrogen and oxygen atoms in total. The molecule has 1 aromatic rings. The van der Waals surface area contributed by atoms with Gasteiger partial charge in [0.15, 0.2) is 0 Å². The van der Waals surface area contributed by atoms with Gasteiger partial charge in [-0.15, -0.1) is 12.4 Å². The van der Waals surface area contributed by atoms with Gasteiger partial charge in [-0.2, -0.15) is 0 Å². The van der Waals surface area contributed by atoms with Gasteiger partial charge in [0.25, 0.3) is 0 Å². The topological polar surface area (TPSA) is 25.8 Å². The van der Waals surface area contributed by atoms with Crippen LogP contribution in [0.1, 0.15) is 0 Å². The maximum Gasteiger partial charge on any atom is 0.124 e. The van der Waals surface area contributed by atoms with E-state index in [9.17, 15) is 0 Å². The third-order valence-electron chi connectivity index (χ3n) is 0.532. The molecule has 0 atom stereocenters. The second kappa shape index (κ2) is 3.80. The van der Waals surface area contributed by atoms with Crippen molar-refractivity contribution in [2.75, 3.05) is 0 Å². The van der Waals surface area contributed by atoms with E-state index in [0.717, 1.165) is 4.60 Å². The standard InChI is InChI=1S/C4H3BrN2.ClH/c5-4-3-6-1-2-7-4;/h1-3H;1H.